The molecule has 3 heterocycles. The number of nitrogens with one attached hydrogen (secondary N) is 1. The summed E-state index contributed by atoms with van der Waals surface area (Å²) in [5.41, 5.74) is 1.51. The van der Waals surface area contributed by atoms with Gasteiger partial charge in [-0.05, 0) is 66.6 Å². The minimum absolute atomic E-state index is 0.00790. The lowest BCUT2D eigenvalue weighted by atomic mass is 10.1. The van der Waals surface area contributed by atoms with Crippen LogP contribution in [-0.4, -0.2) is 37.3 Å². The second-order valence-electron chi connectivity index (χ2n) is 7.19. The summed E-state index contributed by atoms with van der Waals surface area (Å²) in [6.45, 7) is 1.02. The standard InChI is InChI=1S/C22H23N3O3S2/c26-22(25-14-2-6-21(25)18-4-1-12-23-16-18)17-7-9-20(10-8-17)30(27,28)24-13-11-19-5-3-15-29-19/h1,3-5,7-10,12,15-16,21,24H,2,6,11,13-14H2/t21-/m1/s1. The van der Waals surface area contributed by atoms with Crippen molar-refractivity contribution in [3.05, 3.63) is 82.3 Å². The second kappa shape index (κ2) is 9.07. The summed E-state index contributed by atoms with van der Waals surface area (Å²) >= 11 is 1.60. The zero-order valence-electron chi connectivity index (χ0n) is 16.4. The first-order valence-corrected chi connectivity index (χ1v) is 12.2. The molecule has 1 fully saturated rings. The molecule has 3 aromatic rings. The van der Waals surface area contributed by atoms with Crippen LogP contribution in [0.2, 0.25) is 0 Å². The Morgan fingerprint density at radius 2 is 2.00 bits per heavy atom. The maximum absolute atomic E-state index is 13.0. The van der Waals surface area contributed by atoms with Gasteiger partial charge in [-0.25, -0.2) is 13.1 Å². The van der Waals surface area contributed by atoms with E-state index in [1.54, 1.807) is 35.9 Å². The number of hydrogen-bond acceptors (Lipinski definition) is 5. The van der Waals surface area contributed by atoms with Gasteiger partial charge < -0.3 is 4.90 Å². The molecule has 6 nitrogen and oxygen atoms in total. The van der Waals surface area contributed by atoms with Gasteiger partial charge in [-0.15, -0.1) is 11.3 Å². The van der Waals surface area contributed by atoms with Crippen LogP contribution in [0.1, 0.15) is 39.7 Å². The second-order valence-corrected chi connectivity index (χ2v) is 9.99. The van der Waals surface area contributed by atoms with Gasteiger partial charge in [0.25, 0.3) is 5.91 Å². The van der Waals surface area contributed by atoms with Crippen LogP contribution in [0.25, 0.3) is 0 Å². The first-order valence-electron chi connectivity index (χ1n) is 9.87. The zero-order valence-corrected chi connectivity index (χ0v) is 18.0. The molecular weight excluding hydrogens is 418 g/mol. The van der Waals surface area contributed by atoms with Gasteiger partial charge in [0.1, 0.15) is 0 Å². The minimum Gasteiger partial charge on any atom is -0.332 e. The molecule has 156 valence electrons. The maximum atomic E-state index is 13.0. The summed E-state index contributed by atoms with van der Waals surface area (Å²) in [4.78, 5) is 20.3. The molecule has 1 saturated heterocycles. The number of rotatable bonds is 7. The van der Waals surface area contributed by atoms with Crippen molar-refractivity contribution in [2.24, 2.45) is 0 Å². The number of nitrogens with zero attached hydrogens (tertiary/aromatic N) is 2. The number of amides is 1. The van der Waals surface area contributed by atoms with Crippen molar-refractivity contribution in [1.29, 1.82) is 0 Å². The third kappa shape index (κ3) is 4.61. The highest BCUT2D eigenvalue weighted by Gasteiger charge is 2.30. The van der Waals surface area contributed by atoms with E-state index in [1.807, 2.05) is 34.5 Å². The van der Waals surface area contributed by atoms with Gasteiger partial charge in [0.05, 0.1) is 10.9 Å². The zero-order chi connectivity index (χ0) is 21.0. The van der Waals surface area contributed by atoms with Crippen LogP contribution in [0.15, 0.2) is 71.2 Å². The van der Waals surface area contributed by atoms with E-state index in [0.717, 1.165) is 23.3 Å². The van der Waals surface area contributed by atoms with Crippen LogP contribution in [0.3, 0.4) is 0 Å². The third-order valence-corrected chi connectivity index (χ3v) is 7.65. The number of hydrogen-bond donors (Lipinski definition) is 1. The average Bonchev–Trinajstić information content (AvgIpc) is 3.46. The molecule has 0 saturated carbocycles. The molecule has 0 unspecified atom stereocenters. The van der Waals surface area contributed by atoms with Crippen LogP contribution >= 0.6 is 11.3 Å². The van der Waals surface area contributed by atoms with E-state index in [2.05, 4.69) is 9.71 Å². The Morgan fingerprint density at radius 1 is 1.17 bits per heavy atom. The lowest BCUT2D eigenvalue weighted by Gasteiger charge is -2.25. The molecule has 1 aromatic carbocycles. The van der Waals surface area contributed by atoms with E-state index >= 15 is 0 Å². The molecule has 4 rings (SSSR count). The van der Waals surface area contributed by atoms with Crippen LogP contribution in [0, 0.1) is 0 Å². The molecular formula is C22H23N3O3S2. The third-order valence-electron chi connectivity index (χ3n) is 5.24. The van der Waals surface area contributed by atoms with Crippen molar-refractivity contribution in [2.45, 2.75) is 30.2 Å². The Hall–Kier alpha value is -2.55. The van der Waals surface area contributed by atoms with E-state index in [-0.39, 0.29) is 16.8 Å². The van der Waals surface area contributed by atoms with Crippen molar-refractivity contribution >= 4 is 27.3 Å². The molecule has 1 N–H and O–H groups in total. The summed E-state index contributed by atoms with van der Waals surface area (Å²) in [6.07, 6.45) is 6.01. The highest BCUT2D eigenvalue weighted by molar-refractivity contribution is 7.89. The summed E-state index contributed by atoms with van der Waals surface area (Å²) in [6, 6.07) is 14.0. The Bertz CT molecular complexity index is 1080. The fourth-order valence-corrected chi connectivity index (χ4v) is 5.46. The molecule has 1 aliphatic heterocycles. The average molecular weight is 442 g/mol. The highest BCUT2D eigenvalue weighted by atomic mass is 32.2. The summed E-state index contributed by atoms with van der Waals surface area (Å²) in [7, 11) is -3.61. The smallest absolute Gasteiger partial charge is 0.254 e. The van der Waals surface area contributed by atoms with E-state index in [0.29, 0.717) is 25.1 Å². The lowest BCUT2D eigenvalue weighted by Crippen LogP contribution is -2.30. The number of carbonyl (C=O) groups excluding carboxylic acids is 1. The maximum Gasteiger partial charge on any atom is 0.254 e. The number of sulfonamides is 1. The van der Waals surface area contributed by atoms with Gasteiger partial charge in [-0.1, -0.05) is 12.1 Å². The van der Waals surface area contributed by atoms with Crippen molar-refractivity contribution in [1.82, 2.24) is 14.6 Å². The number of carbonyl (C=O) groups is 1. The van der Waals surface area contributed by atoms with Crippen molar-refractivity contribution in [3.63, 3.8) is 0 Å². The molecule has 2 aromatic heterocycles. The fraction of sp³-hybridized carbons (Fsp3) is 0.273. The monoisotopic (exact) mass is 441 g/mol. The Labute approximate surface area is 180 Å². The predicted molar refractivity (Wildman–Crippen MR) is 117 cm³/mol. The van der Waals surface area contributed by atoms with Gasteiger partial charge >= 0.3 is 0 Å². The summed E-state index contributed by atoms with van der Waals surface area (Å²) < 4.78 is 27.7. The SMILES string of the molecule is O=C(c1ccc(S(=O)(=O)NCCc2cccs2)cc1)N1CCC[C@@H]1c1cccnc1. The fourth-order valence-electron chi connectivity index (χ4n) is 3.72. The van der Waals surface area contributed by atoms with Crippen molar-refractivity contribution < 1.29 is 13.2 Å². The number of pyridine rings is 1. The van der Waals surface area contributed by atoms with E-state index in [4.69, 9.17) is 0 Å². The van der Waals surface area contributed by atoms with Gasteiger partial charge in [0.15, 0.2) is 0 Å². The van der Waals surface area contributed by atoms with Gasteiger partial charge in [-0.2, -0.15) is 0 Å². The molecule has 0 aliphatic carbocycles. The minimum atomic E-state index is -3.61. The molecule has 30 heavy (non-hydrogen) atoms. The van der Waals surface area contributed by atoms with Gasteiger partial charge in [0.2, 0.25) is 10.0 Å². The van der Waals surface area contributed by atoms with E-state index in [1.165, 1.54) is 12.1 Å². The molecule has 8 heteroatoms. The molecule has 0 spiro atoms. The Kier molecular flexibility index (Phi) is 6.26. The van der Waals surface area contributed by atoms with Gasteiger partial charge in [-0.3, -0.25) is 9.78 Å². The van der Waals surface area contributed by atoms with E-state index in [9.17, 15) is 13.2 Å². The molecule has 1 aliphatic rings. The molecule has 1 atom stereocenters. The Morgan fingerprint density at radius 3 is 2.70 bits per heavy atom. The quantitative estimate of drug-likeness (QED) is 0.607. The van der Waals surface area contributed by atoms with Crippen LogP contribution in [0.5, 0.6) is 0 Å². The number of thiophene rings is 1. The van der Waals surface area contributed by atoms with Crippen LogP contribution < -0.4 is 4.72 Å². The largest absolute Gasteiger partial charge is 0.332 e. The van der Waals surface area contributed by atoms with Crippen LogP contribution in [0.4, 0.5) is 0 Å². The first kappa shape index (κ1) is 20.7. The van der Waals surface area contributed by atoms with Crippen molar-refractivity contribution in [3.8, 4) is 0 Å². The lowest BCUT2D eigenvalue weighted by molar-refractivity contribution is 0.0735. The molecule has 1 amide bonds. The number of aromatic nitrogens is 1. The van der Waals surface area contributed by atoms with Gasteiger partial charge in [0, 0.05) is 35.9 Å². The number of benzene rings is 1. The highest BCUT2D eigenvalue weighted by Crippen LogP contribution is 2.32. The van der Waals surface area contributed by atoms with Crippen LogP contribution in [-0.2, 0) is 16.4 Å². The molecule has 0 bridgehead atoms. The Balaban J connectivity index is 1.43. The summed E-state index contributed by atoms with van der Waals surface area (Å²) in [5.74, 6) is -0.0871. The first-order chi connectivity index (χ1) is 14.5. The van der Waals surface area contributed by atoms with Crippen molar-refractivity contribution in [2.75, 3.05) is 13.1 Å². The normalized spacial score (nSPS) is 16.7. The number of likely N-dealkylation sites (tertiary alicyclic amines) is 1. The predicted octanol–water partition coefficient (Wildman–Crippen LogP) is 3.64. The van der Waals surface area contributed by atoms with E-state index < -0.39 is 10.0 Å². The summed E-state index contributed by atoms with van der Waals surface area (Å²) in [5, 5.41) is 1.97. The molecule has 0 radical (unpaired) electrons. The topological polar surface area (TPSA) is 79.4 Å².